The molecule has 0 aliphatic heterocycles. The van der Waals surface area contributed by atoms with E-state index >= 15 is 0 Å². The van der Waals surface area contributed by atoms with Gasteiger partial charge in [0.2, 0.25) is 0 Å². The Bertz CT molecular complexity index is 96.2. The monoisotopic (exact) mass is 232 g/mol. The second-order valence-electron chi connectivity index (χ2n) is 2.95. The summed E-state index contributed by atoms with van der Waals surface area (Å²) in [5, 5.41) is 0. The van der Waals surface area contributed by atoms with Gasteiger partial charge < -0.3 is 4.74 Å². The molecule has 0 rings (SSSR count). The van der Waals surface area contributed by atoms with Crippen LogP contribution in [0, 0.1) is 5.41 Å². The zero-order valence-electron chi connectivity index (χ0n) is 7.28. The molecule has 0 atom stereocenters. The predicted molar refractivity (Wildman–Crippen MR) is 55.7 cm³/mol. The first kappa shape index (κ1) is 12.8. The standard InChI is InChI=1S/C8H15Cl3O/c1-2-3-12-7-8(4-9,5-10)6-11/h2-7H2,1H3. The van der Waals surface area contributed by atoms with Gasteiger partial charge in [0.15, 0.2) is 0 Å². The Morgan fingerprint density at radius 1 is 1.08 bits per heavy atom. The average Bonchev–Trinajstić information content (AvgIpc) is 2.14. The maximum Gasteiger partial charge on any atom is 0.0556 e. The number of hydrogen-bond acceptors (Lipinski definition) is 1. The maximum absolute atomic E-state index is 5.75. The van der Waals surface area contributed by atoms with Crippen molar-refractivity contribution < 1.29 is 4.74 Å². The minimum atomic E-state index is -0.250. The number of halogens is 3. The summed E-state index contributed by atoms with van der Waals surface area (Å²) in [6, 6.07) is 0. The fourth-order valence-electron chi connectivity index (χ4n) is 0.656. The molecule has 12 heavy (non-hydrogen) atoms. The fourth-order valence-corrected chi connectivity index (χ4v) is 1.74. The highest BCUT2D eigenvalue weighted by atomic mass is 35.5. The van der Waals surface area contributed by atoms with Crippen molar-refractivity contribution in [2.75, 3.05) is 30.9 Å². The van der Waals surface area contributed by atoms with Crippen LogP contribution in [0.5, 0.6) is 0 Å². The van der Waals surface area contributed by atoms with Crippen LogP contribution in [-0.2, 0) is 4.74 Å². The Morgan fingerprint density at radius 2 is 1.58 bits per heavy atom. The van der Waals surface area contributed by atoms with Crippen molar-refractivity contribution in [3.05, 3.63) is 0 Å². The SMILES string of the molecule is CCCOCC(CCl)(CCl)CCl. The molecule has 0 radical (unpaired) electrons. The molecule has 0 spiro atoms. The van der Waals surface area contributed by atoms with Gasteiger partial charge in [-0.1, -0.05) is 6.92 Å². The molecule has 0 N–H and O–H groups in total. The lowest BCUT2D eigenvalue weighted by Gasteiger charge is -2.26. The summed E-state index contributed by atoms with van der Waals surface area (Å²) in [5.74, 6) is 1.34. The molecule has 0 aromatic carbocycles. The van der Waals surface area contributed by atoms with Crippen LogP contribution in [0.2, 0.25) is 0 Å². The van der Waals surface area contributed by atoms with Gasteiger partial charge in [-0.05, 0) is 6.42 Å². The largest absolute Gasteiger partial charge is 0.381 e. The van der Waals surface area contributed by atoms with E-state index in [0.717, 1.165) is 13.0 Å². The van der Waals surface area contributed by atoms with Crippen LogP contribution >= 0.6 is 34.8 Å². The number of hydrogen-bond donors (Lipinski definition) is 0. The highest BCUT2D eigenvalue weighted by Gasteiger charge is 2.27. The predicted octanol–water partition coefficient (Wildman–Crippen LogP) is 3.12. The molecular formula is C8H15Cl3O. The first-order valence-electron chi connectivity index (χ1n) is 4.00. The third kappa shape index (κ3) is 4.18. The van der Waals surface area contributed by atoms with Gasteiger partial charge in [0, 0.05) is 29.7 Å². The van der Waals surface area contributed by atoms with Crippen LogP contribution in [0.15, 0.2) is 0 Å². The first-order valence-corrected chi connectivity index (χ1v) is 5.60. The molecule has 0 aromatic heterocycles. The summed E-state index contributed by atoms with van der Waals surface area (Å²) >= 11 is 17.3. The molecule has 4 heteroatoms. The van der Waals surface area contributed by atoms with Gasteiger partial charge in [-0.25, -0.2) is 0 Å². The summed E-state index contributed by atoms with van der Waals surface area (Å²) in [6.45, 7) is 3.35. The van der Waals surface area contributed by atoms with Crippen molar-refractivity contribution in [3.8, 4) is 0 Å². The molecule has 0 saturated carbocycles. The zero-order chi connectivity index (χ0) is 9.45. The maximum atomic E-state index is 5.75. The quantitative estimate of drug-likeness (QED) is 0.485. The molecule has 0 unspecified atom stereocenters. The molecule has 0 aromatic rings. The molecule has 0 fully saturated rings. The summed E-state index contributed by atoms with van der Waals surface area (Å²) in [4.78, 5) is 0. The van der Waals surface area contributed by atoms with Crippen molar-refractivity contribution in [2.45, 2.75) is 13.3 Å². The number of rotatable bonds is 7. The molecule has 1 nitrogen and oxygen atoms in total. The van der Waals surface area contributed by atoms with E-state index in [9.17, 15) is 0 Å². The Hall–Kier alpha value is 0.830. The van der Waals surface area contributed by atoms with Crippen molar-refractivity contribution >= 4 is 34.8 Å². The minimum absolute atomic E-state index is 0.250. The van der Waals surface area contributed by atoms with Crippen LogP contribution < -0.4 is 0 Å². The minimum Gasteiger partial charge on any atom is -0.381 e. The Kier molecular flexibility index (Phi) is 7.76. The fraction of sp³-hybridized carbons (Fsp3) is 1.00. The van der Waals surface area contributed by atoms with E-state index in [1.807, 2.05) is 0 Å². The summed E-state index contributed by atoms with van der Waals surface area (Å²) < 4.78 is 5.37. The van der Waals surface area contributed by atoms with Gasteiger partial charge >= 0.3 is 0 Å². The third-order valence-electron chi connectivity index (χ3n) is 1.61. The van der Waals surface area contributed by atoms with E-state index in [1.165, 1.54) is 0 Å². The smallest absolute Gasteiger partial charge is 0.0556 e. The van der Waals surface area contributed by atoms with Crippen LogP contribution in [-0.4, -0.2) is 30.9 Å². The van der Waals surface area contributed by atoms with Crippen LogP contribution in [0.1, 0.15) is 13.3 Å². The first-order chi connectivity index (χ1) is 5.74. The lowest BCUT2D eigenvalue weighted by molar-refractivity contribution is 0.0764. The average molecular weight is 234 g/mol. The van der Waals surface area contributed by atoms with Gasteiger partial charge in [0.25, 0.3) is 0 Å². The molecular weight excluding hydrogens is 218 g/mol. The Morgan fingerprint density at radius 3 is 1.92 bits per heavy atom. The lowest BCUT2D eigenvalue weighted by Crippen LogP contribution is -2.33. The third-order valence-corrected chi connectivity index (χ3v) is 3.31. The molecule has 0 heterocycles. The van der Waals surface area contributed by atoms with Gasteiger partial charge in [0.1, 0.15) is 0 Å². The summed E-state index contributed by atoms with van der Waals surface area (Å²) in [6.07, 6.45) is 1.00. The van der Waals surface area contributed by atoms with Crippen molar-refractivity contribution in [1.82, 2.24) is 0 Å². The van der Waals surface area contributed by atoms with Gasteiger partial charge in [-0.15, -0.1) is 34.8 Å². The molecule has 0 aliphatic carbocycles. The summed E-state index contributed by atoms with van der Waals surface area (Å²) in [7, 11) is 0. The van der Waals surface area contributed by atoms with Crippen molar-refractivity contribution in [1.29, 1.82) is 0 Å². The molecule has 0 bridgehead atoms. The molecule has 0 aliphatic rings. The second-order valence-corrected chi connectivity index (χ2v) is 3.76. The van der Waals surface area contributed by atoms with E-state index in [-0.39, 0.29) is 5.41 Å². The van der Waals surface area contributed by atoms with Crippen LogP contribution in [0.25, 0.3) is 0 Å². The number of alkyl halides is 3. The zero-order valence-corrected chi connectivity index (χ0v) is 9.55. The van der Waals surface area contributed by atoms with Gasteiger partial charge in [0.05, 0.1) is 6.61 Å². The van der Waals surface area contributed by atoms with E-state index in [4.69, 9.17) is 39.5 Å². The van der Waals surface area contributed by atoms with Crippen LogP contribution in [0.4, 0.5) is 0 Å². The molecule has 0 amide bonds. The van der Waals surface area contributed by atoms with Crippen LogP contribution in [0.3, 0.4) is 0 Å². The highest BCUT2D eigenvalue weighted by molar-refractivity contribution is 6.24. The topological polar surface area (TPSA) is 9.23 Å². The number of ether oxygens (including phenoxy) is 1. The van der Waals surface area contributed by atoms with Gasteiger partial charge in [-0.2, -0.15) is 0 Å². The van der Waals surface area contributed by atoms with Gasteiger partial charge in [-0.3, -0.25) is 0 Å². The van der Waals surface area contributed by atoms with E-state index in [2.05, 4.69) is 6.92 Å². The van der Waals surface area contributed by atoms with E-state index in [1.54, 1.807) is 0 Å². The Labute approximate surface area is 89.3 Å². The highest BCUT2D eigenvalue weighted by Crippen LogP contribution is 2.23. The second kappa shape index (κ2) is 7.25. The van der Waals surface area contributed by atoms with Crippen molar-refractivity contribution in [3.63, 3.8) is 0 Å². The van der Waals surface area contributed by atoms with Crippen molar-refractivity contribution in [2.24, 2.45) is 5.41 Å². The molecule has 0 saturated heterocycles. The lowest BCUT2D eigenvalue weighted by atomic mass is 9.97. The Balaban J connectivity index is 3.76. The normalized spacial score (nSPS) is 12.0. The van der Waals surface area contributed by atoms with E-state index < -0.39 is 0 Å². The summed E-state index contributed by atoms with van der Waals surface area (Å²) in [5.41, 5.74) is -0.250. The molecule has 74 valence electrons. The van der Waals surface area contributed by atoms with E-state index in [0.29, 0.717) is 24.2 Å².